The number of nitrogens with one attached hydrogen (secondary N) is 3. The smallest absolute Gasteiger partial charge is 0.272 e. The molecule has 0 unspecified atom stereocenters. The lowest BCUT2D eigenvalue weighted by molar-refractivity contribution is 0.0944. The van der Waals surface area contributed by atoms with Crippen LogP contribution >= 0.6 is 12.4 Å². The summed E-state index contributed by atoms with van der Waals surface area (Å²) in [6.07, 6.45) is 0.880. The first-order valence-electron chi connectivity index (χ1n) is 6.96. The van der Waals surface area contributed by atoms with Crippen molar-refractivity contribution < 1.29 is 9.53 Å². The minimum atomic E-state index is -0.154. The number of rotatable bonds is 4. The maximum Gasteiger partial charge on any atom is 0.272 e. The molecule has 1 amide bonds. The lowest BCUT2D eigenvalue weighted by Crippen LogP contribution is -2.28. The number of H-pyrrole nitrogens is 1. The first-order valence-corrected chi connectivity index (χ1v) is 6.96. The van der Waals surface area contributed by atoms with E-state index in [1.165, 1.54) is 0 Å². The van der Waals surface area contributed by atoms with Gasteiger partial charge in [0.2, 0.25) is 0 Å². The zero-order chi connectivity index (χ0) is 14.7. The number of hydrogen-bond acceptors (Lipinski definition) is 4. The van der Waals surface area contributed by atoms with Crippen LogP contribution < -0.4 is 15.4 Å². The molecule has 118 valence electrons. The Labute approximate surface area is 135 Å². The molecule has 0 fully saturated rings. The van der Waals surface area contributed by atoms with Crippen molar-refractivity contribution in [2.75, 3.05) is 13.7 Å². The summed E-state index contributed by atoms with van der Waals surface area (Å²) in [6.45, 7) is 2.05. The van der Waals surface area contributed by atoms with Crippen molar-refractivity contribution in [3.8, 4) is 5.75 Å². The summed E-state index contributed by atoms with van der Waals surface area (Å²) < 4.78 is 5.17. The highest BCUT2D eigenvalue weighted by Gasteiger charge is 2.21. The van der Waals surface area contributed by atoms with Crippen LogP contribution in [-0.2, 0) is 19.5 Å². The summed E-state index contributed by atoms with van der Waals surface area (Å²) in [7, 11) is 1.63. The number of ether oxygens (including phenoxy) is 1. The molecule has 2 aromatic rings. The second-order valence-electron chi connectivity index (χ2n) is 4.99. The predicted molar refractivity (Wildman–Crippen MR) is 85.4 cm³/mol. The molecule has 0 aliphatic carbocycles. The number of carbonyl (C=O) groups is 1. The fourth-order valence-electron chi connectivity index (χ4n) is 2.46. The minimum Gasteiger partial charge on any atom is -0.497 e. The minimum absolute atomic E-state index is 0. The molecule has 3 N–H and O–H groups in total. The Balaban J connectivity index is 0.00000176. The quantitative estimate of drug-likeness (QED) is 0.795. The molecule has 6 nitrogen and oxygen atoms in total. The number of methoxy groups -OCH3 is 1. The van der Waals surface area contributed by atoms with Gasteiger partial charge in [0.15, 0.2) is 5.69 Å². The normalized spacial score (nSPS) is 13.0. The molecule has 2 heterocycles. The van der Waals surface area contributed by atoms with E-state index in [0.717, 1.165) is 35.5 Å². The van der Waals surface area contributed by atoms with E-state index in [9.17, 15) is 4.79 Å². The van der Waals surface area contributed by atoms with Crippen LogP contribution in [0.4, 0.5) is 0 Å². The monoisotopic (exact) mass is 322 g/mol. The van der Waals surface area contributed by atoms with Gasteiger partial charge in [-0.05, 0) is 17.7 Å². The highest BCUT2D eigenvalue weighted by Crippen LogP contribution is 2.16. The summed E-state index contributed by atoms with van der Waals surface area (Å²) in [5.74, 6) is 0.627. The second-order valence-corrected chi connectivity index (χ2v) is 4.99. The number of fused-ring (bicyclic) bond motifs is 1. The SMILES string of the molecule is COc1cccc(CNC(=O)c2n[nH]c3c2CNCC3)c1.Cl. The first kappa shape index (κ1) is 16.3. The highest BCUT2D eigenvalue weighted by atomic mass is 35.5. The van der Waals surface area contributed by atoms with Crippen molar-refractivity contribution in [1.29, 1.82) is 0 Å². The highest BCUT2D eigenvalue weighted by molar-refractivity contribution is 5.94. The molecule has 3 rings (SSSR count). The van der Waals surface area contributed by atoms with Gasteiger partial charge in [-0.3, -0.25) is 9.89 Å². The Morgan fingerprint density at radius 1 is 1.45 bits per heavy atom. The van der Waals surface area contributed by atoms with E-state index < -0.39 is 0 Å². The van der Waals surface area contributed by atoms with E-state index in [2.05, 4.69) is 20.8 Å². The van der Waals surface area contributed by atoms with Crippen LogP contribution in [0.2, 0.25) is 0 Å². The molecule has 1 aliphatic heterocycles. The Morgan fingerprint density at radius 3 is 3.14 bits per heavy atom. The van der Waals surface area contributed by atoms with Crippen LogP contribution in [0.15, 0.2) is 24.3 Å². The molecular formula is C15H19ClN4O2. The van der Waals surface area contributed by atoms with Gasteiger partial charge in [-0.1, -0.05) is 12.1 Å². The van der Waals surface area contributed by atoms with Gasteiger partial charge in [-0.15, -0.1) is 12.4 Å². The van der Waals surface area contributed by atoms with E-state index in [0.29, 0.717) is 18.8 Å². The summed E-state index contributed by atoms with van der Waals surface area (Å²) in [6, 6.07) is 7.63. The van der Waals surface area contributed by atoms with Crippen molar-refractivity contribution in [1.82, 2.24) is 20.8 Å². The molecule has 1 aromatic heterocycles. The van der Waals surface area contributed by atoms with Crippen LogP contribution in [0.1, 0.15) is 27.3 Å². The van der Waals surface area contributed by atoms with Crippen LogP contribution in [0.3, 0.4) is 0 Å². The van der Waals surface area contributed by atoms with Crippen molar-refractivity contribution in [2.24, 2.45) is 0 Å². The zero-order valence-corrected chi connectivity index (χ0v) is 13.1. The summed E-state index contributed by atoms with van der Waals surface area (Å²) in [5.41, 5.74) is 3.51. The number of benzene rings is 1. The van der Waals surface area contributed by atoms with Crippen LogP contribution in [0.25, 0.3) is 0 Å². The van der Waals surface area contributed by atoms with Gasteiger partial charge in [0, 0.05) is 37.3 Å². The van der Waals surface area contributed by atoms with Gasteiger partial charge in [0.25, 0.3) is 5.91 Å². The Bertz CT molecular complexity index is 657. The number of nitrogens with zero attached hydrogens (tertiary/aromatic N) is 1. The maximum atomic E-state index is 12.3. The summed E-state index contributed by atoms with van der Waals surface area (Å²) in [5, 5.41) is 13.2. The second kappa shape index (κ2) is 7.29. The molecule has 0 atom stereocenters. The first-order chi connectivity index (χ1) is 10.3. The molecule has 1 aromatic carbocycles. The van der Waals surface area contributed by atoms with Gasteiger partial charge in [-0.25, -0.2) is 0 Å². The van der Waals surface area contributed by atoms with Gasteiger partial charge >= 0.3 is 0 Å². The largest absolute Gasteiger partial charge is 0.497 e. The van der Waals surface area contributed by atoms with Crippen LogP contribution in [0.5, 0.6) is 5.75 Å². The predicted octanol–water partition coefficient (Wildman–Crippen LogP) is 1.42. The third-order valence-electron chi connectivity index (χ3n) is 3.61. The van der Waals surface area contributed by atoms with Crippen LogP contribution in [0, 0.1) is 0 Å². The summed E-state index contributed by atoms with van der Waals surface area (Å²) >= 11 is 0. The molecule has 0 spiro atoms. The van der Waals surface area contributed by atoms with E-state index in [1.807, 2.05) is 24.3 Å². The lowest BCUT2D eigenvalue weighted by Gasteiger charge is -2.13. The topological polar surface area (TPSA) is 79.0 Å². The summed E-state index contributed by atoms with van der Waals surface area (Å²) in [4.78, 5) is 12.3. The van der Waals surface area contributed by atoms with Crippen molar-refractivity contribution in [3.63, 3.8) is 0 Å². The Morgan fingerprint density at radius 2 is 2.32 bits per heavy atom. The maximum absolute atomic E-state index is 12.3. The number of hydrogen-bond donors (Lipinski definition) is 3. The van der Waals surface area contributed by atoms with E-state index in [-0.39, 0.29) is 18.3 Å². The average molecular weight is 323 g/mol. The number of amides is 1. The number of aromatic amines is 1. The molecule has 7 heteroatoms. The lowest BCUT2D eigenvalue weighted by atomic mass is 10.1. The molecule has 0 bridgehead atoms. The zero-order valence-electron chi connectivity index (χ0n) is 12.3. The average Bonchev–Trinajstić information content (AvgIpc) is 2.97. The van der Waals surface area contributed by atoms with Gasteiger partial charge in [0.1, 0.15) is 5.75 Å². The fourth-order valence-corrected chi connectivity index (χ4v) is 2.46. The number of halogens is 1. The van der Waals surface area contributed by atoms with Crippen molar-refractivity contribution in [3.05, 3.63) is 46.8 Å². The van der Waals surface area contributed by atoms with Crippen molar-refractivity contribution in [2.45, 2.75) is 19.5 Å². The molecule has 22 heavy (non-hydrogen) atoms. The fraction of sp³-hybridized carbons (Fsp3) is 0.333. The standard InChI is InChI=1S/C15H18N4O2.ClH/c1-21-11-4-2-3-10(7-11)8-17-15(20)14-12-9-16-6-5-13(12)18-19-14;/h2-4,7,16H,5-6,8-9H2,1H3,(H,17,20)(H,18,19);1H. The van der Waals surface area contributed by atoms with E-state index in [1.54, 1.807) is 7.11 Å². The van der Waals surface area contributed by atoms with Gasteiger partial charge < -0.3 is 15.4 Å². The van der Waals surface area contributed by atoms with Crippen LogP contribution in [-0.4, -0.2) is 29.8 Å². The molecule has 0 saturated heterocycles. The number of carbonyl (C=O) groups excluding carboxylic acids is 1. The van der Waals surface area contributed by atoms with E-state index in [4.69, 9.17) is 4.74 Å². The number of aromatic nitrogens is 2. The third kappa shape index (κ3) is 3.40. The molecule has 0 saturated carbocycles. The Hall–Kier alpha value is -2.05. The molecule has 0 radical (unpaired) electrons. The molecule has 1 aliphatic rings. The van der Waals surface area contributed by atoms with Crippen molar-refractivity contribution >= 4 is 18.3 Å². The Kier molecular flexibility index (Phi) is 5.41. The molecular weight excluding hydrogens is 304 g/mol. The third-order valence-corrected chi connectivity index (χ3v) is 3.61. The van der Waals surface area contributed by atoms with E-state index >= 15 is 0 Å². The van der Waals surface area contributed by atoms with Gasteiger partial charge in [-0.2, -0.15) is 5.10 Å². The van der Waals surface area contributed by atoms with Gasteiger partial charge in [0.05, 0.1) is 7.11 Å².